The van der Waals surface area contributed by atoms with Crippen molar-refractivity contribution in [3.63, 3.8) is 0 Å². The second kappa shape index (κ2) is 5.03. The summed E-state index contributed by atoms with van der Waals surface area (Å²) in [5.74, 6) is 0.0763. The Bertz CT molecular complexity index is 1220. The highest BCUT2D eigenvalue weighted by Crippen LogP contribution is 2.39. The number of fused-ring (bicyclic) bond motifs is 6. The first-order valence-corrected chi connectivity index (χ1v) is 8.72. The fourth-order valence-corrected chi connectivity index (χ4v) is 4.38. The molecule has 3 aromatic carbocycles. The van der Waals surface area contributed by atoms with Crippen molar-refractivity contribution in [1.29, 1.82) is 0 Å². The van der Waals surface area contributed by atoms with Crippen LogP contribution >= 0.6 is 22.9 Å². The van der Waals surface area contributed by atoms with E-state index in [2.05, 4.69) is 27.5 Å². The summed E-state index contributed by atoms with van der Waals surface area (Å²) in [7, 11) is 0. The van der Waals surface area contributed by atoms with Crippen molar-refractivity contribution in [1.82, 2.24) is 9.97 Å². The Morgan fingerprint density at radius 3 is 2.62 bits per heavy atom. The minimum atomic E-state index is -0.381. The van der Waals surface area contributed by atoms with Gasteiger partial charge in [-0.25, -0.2) is 9.37 Å². The van der Waals surface area contributed by atoms with Crippen molar-refractivity contribution >= 4 is 54.8 Å². The van der Waals surface area contributed by atoms with Crippen LogP contribution in [0.4, 0.5) is 4.39 Å². The molecule has 0 aliphatic rings. The molecule has 2 aromatic heterocycles. The first-order valence-electron chi connectivity index (χ1n) is 7.46. The third-order valence-corrected chi connectivity index (χ3v) is 5.51. The molecule has 0 aliphatic heterocycles. The van der Waals surface area contributed by atoms with Gasteiger partial charge >= 0.3 is 0 Å². The Labute approximate surface area is 145 Å². The lowest BCUT2D eigenvalue weighted by Gasteiger charge is -2.01. The summed E-state index contributed by atoms with van der Waals surface area (Å²) >= 11 is 7.86. The summed E-state index contributed by atoms with van der Waals surface area (Å²) in [5.41, 5.74) is 2.08. The molecule has 0 unspecified atom stereocenters. The summed E-state index contributed by atoms with van der Waals surface area (Å²) in [6, 6.07) is 14.9. The topological polar surface area (TPSA) is 28.7 Å². The van der Waals surface area contributed by atoms with Crippen LogP contribution in [-0.2, 0) is 0 Å². The molecule has 0 saturated heterocycles. The van der Waals surface area contributed by atoms with E-state index in [1.54, 1.807) is 23.5 Å². The lowest BCUT2D eigenvalue weighted by Crippen LogP contribution is -1.87. The van der Waals surface area contributed by atoms with Gasteiger partial charge in [-0.05, 0) is 29.0 Å². The molecule has 0 spiro atoms. The van der Waals surface area contributed by atoms with E-state index in [1.807, 2.05) is 18.2 Å². The number of nitrogens with one attached hydrogen (secondary N) is 1. The molecule has 5 rings (SSSR count). The van der Waals surface area contributed by atoms with Gasteiger partial charge < -0.3 is 4.98 Å². The summed E-state index contributed by atoms with van der Waals surface area (Å²) in [5, 5.41) is 5.79. The molecule has 0 bridgehead atoms. The largest absolute Gasteiger partial charge is 0.337 e. The van der Waals surface area contributed by atoms with Crippen LogP contribution in [0.1, 0.15) is 0 Å². The molecular formula is C19H10ClFN2S. The van der Waals surface area contributed by atoms with Crippen molar-refractivity contribution in [2.45, 2.75) is 0 Å². The highest BCUT2D eigenvalue weighted by Gasteiger charge is 2.17. The summed E-state index contributed by atoms with van der Waals surface area (Å²) in [6.45, 7) is 0. The van der Waals surface area contributed by atoms with Gasteiger partial charge in [0.2, 0.25) is 0 Å². The minimum Gasteiger partial charge on any atom is -0.337 e. The van der Waals surface area contributed by atoms with Gasteiger partial charge in [0.15, 0.2) is 0 Å². The number of aromatic nitrogens is 2. The maximum absolute atomic E-state index is 14.3. The molecule has 2 nitrogen and oxygen atoms in total. The van der Waals surface area contributed by atoms with E-state index >= 15 is 0 Å². The molecule has 0 radical (unpaired) electrons. The van der Waals surface area contributed by atoms with E-state index in [-0.39, 0.29) is 5.82 Å². The number of aromatic amines is 1. The molecule has 0 fully saturated rings. The molecule has 0 aliphatic carbocycles. The van der Waals surface area contributed by atoms with Gasteiger partial charge in [-0.2, -0.15) is 0 Å². The van der Waals surface area contributed by atoms with E-state index in [0.717, 1.165) is 26.5 Å². The Kier molecular flexibility index (Phi) is 2.93. The zero-order valence-corrected chi connectivity index (χ0v) is 13.9. The van der Waals surface area contributed by atoms with Crippen LogP contribution in [0.25, 0.3) is 43.3 Å². The van der Waals surface area contributed by atoms with Crippen molar-refractivity contribution < 1.29 is 4.39 Å². The summed E-state index contributed by atoms with van der Waals surface area (Å²) < 4.78 is 15.4. The number of nitrogens with zero attached hydrogens (tertiary/aromatic N) is 1. The maximum Gasteiger partial charge on any atom is 0.143 e. The van der Waals surface area contributed by atoms with E-state index in [4.69, 9.17) is 11.6 Å². The third kappa shape index (κ3) is 1.84. The Morgan fingerprint density at radius 1 is 0.958 bits per heavy atom. The average Bonchev–Trinajstić information content (AvgIpc) is 3.22. The Morgan fingerprint density at radius 2 is 1.79 bits per heavy atom. The first kappa shape index (κ1) is 14.0. The van der Waals surface area contributed by atoms with E-state index in [0.29, 0.717) is 16.4 Å². The Hall–Kier alpha value is -2.43. The number of H-pyrrole nitrogens is 1. The van der Waals surface area contributed by atoms with Crippen molar-refractivity contribution in [3.8, 4) is 11.4 Å². The average molecular weight is 353 g/mol. The molecule has 5 aromatic rings. The van der Waals surface area contributed by atoms with E-state index < -0.39 is 0 Å². The number of imidazole rings is 1. The standard InChI is InChI=1S/C19H10ClFN2S/c20-13-6-3-7-14(21)15(13)19-22-16-11-5-2-1-4-10(11)12-8-9-24-18(12)17(16)23-19/h1-9H,(H,22,23). The van der Waals surface area contributed by atoms with Crippen LogP contribution in [0, 0.1) is 5.82 Å². The second-order valence-electron chi connectivity index (χ2n) is 5.61. The molecule has 2 heterocycles. The Balaban J connectivity index is 1.97. The van der Waals surface area contributed by atoms with Gasteiger partial charge in [0.1, 0.15) is 11.6 Å². The van der Waals surface area contributed by atoms with Crippen LogP contribution < -0.4 is 0 Å². The van der Waals surface area contributed by atoms with Gasteiger partial charge in [-0.15, -0.1) is 11.3 Å². The first-order chi connectivity index (χ1) is 11.7. The number of thiophene rings is 1. The molecule has 1 N–H and O–H groups in total. The number of hydrogen-bond donors (Lipinski definition) is 1. The fraction of sp³-hybridized carbons (Fsp3) is 0. The van der Waals surface area contributed by atoms with Crippen molar-refractivity contribution in [2.24, 2.45) is 0 Å². The van der Waals surface area contributed by atoms with Crippen molar-refractivity contribution in [2.75, 3.05) is 0 Å². The van der Waals surface area contributed by atoms with Gasteiger partial charge in [0, 0.05) is 10.8 Å². The predicted molar refractivity (Wildman–Crippen MR) is 99.4 cm³/mol. The third-order valence-electron chi connectivity index (χ3n) is 4.27. The number of rotatable bonds is 1. The smallest absolute Gasteiger partial charge is 0.143 e. The van der Waals surface area contributed by atoms with E-state index in [9.17, 15) is 4.39 Å². The SMILES string of the molecule is Fc1cccc(Cl)c1-c1nc2c3ccccc3c3ccsc3c2[nH]1. The highest BCUT2D eigenvalue weighted by molar-refractivity contribution is 7.18. The van der Waals surface area contributed by atoms with Gasteiger partial charge in [-0.3, -0.25) is 0 Å². The quantitative estimate of drug-likeness (QED) is 0.372. The zero-order valence-electron chi connectivity index (χ0n) is 12.3. The molecule has 0 amide bonds. The van der Waals surface area contributed by atoms with Crippen LogP contribution in [0.3, 0.4) is 0 Å². The van der Waals surface area contributed by atoms with Gasteiger partial charge in [-0.1, -0.05) is 41.9 Å². The molecular weight excluding hydrogens is 343 g/mol. The zero-order chi connectivity index (χ0) is 16.3. The summed E-state index contributed by atoms with van der Waals surface area (Å²) in [6.07, 6.45) is 0. The maximum atomic E-state index is 14.3. The summed E-state index contributed by atoms with van der Waals surface area (Å²) in [4.78, 5) is 7.98. The molecule has 24 heavy (non-hydrogen) atoms. The normalized spacial score (nSPS) is 11.8. The molecule has 0 atom stereocenters. The lowest BCUT2D eigenvalue weighted by atomic mass is 10.1. The minimum absolute atomic E-state index is 0.309. The van der Waals surface area contributed by atoms with Gasteiger partial charge in [0.25, 0.3) is 0 Å². The van der Waals surface area contributed by atoms with Crippen LogP contribution in [0.5, 0.6) is 0 Å². The number of hydrogen-bond acceptors (Lipinski definition) is 2. The highest BCUT2D eigenvalue weighted by atomic mass is 35.5. The molecule has 116 valence electrons. The van der Waals surface area contributed by atoms with Gasteiger partial charge in [0.05, 0.1) is 26.3 Å². The molecule has 0 saturated carbocycles. The van der Waals surface area contributed by atoms with Crippen LogP contribution in [0.2, 0.25) is 5.02 Å². The van der Waals surface area contributed by atoms with Crippen molar-refractivity contribution in [3.05, 3.63) is 64.8 Å². The van der Waals surface area contributed by atoms with E-state index in [1.165, 1.54) is 11.5 Å². The van der Waals surface area contributed by atoms with Crippen LogP contribution in [0.15, 0.2) is 53.9 Å². The van der Waals surface area contributed by atoms with Crippen LogP contribution in [-0.4, -0.2) is 9.97 Å². The number of halogens is 2. The molecule has 5 heteroatoms. The second-order valence-corrected chi connectivity index (χ2v) is 6.94. The monoisotopic (exact) mass is 352 g/mol. The fourth-order valence-electron chi connectivity index (χ4n) is 3.21. The predicted octanol–water partition coefficient (Wildman–Crippen LogP) is 6.39. The lowest BCUT2D eigenvalue weighted by molar-refractivity contribution is 0.630. The number of benzene rings is 3.